The minimum Gasteiger partial charge on any atom is -0.309 e. The van der Waals surface area contributed by atoms with Gasteiger partial charge in [-0.05, 0) is 59.7 Å². The van der Waals surface area contributed by atoms with E-state index in [1.165, 1.54) is 32.6 Å². The number of fused-ring (bicyclic) bond motifs is 6. The van der Waals surface area contributed by atoms with E-state index in [9.17, 15) is 0 Å². The lowest BCUT2D eigenvalue weighted by Crippen LogP contribution is -2.00. The van der Waals surface area contributed by atoms with E-state index >= 15 is 0 Å². The van der Waals surface area contributed by atoms with Crippen molar-refractivity contribution in [2.24, 2.45) is 0 Å². The number of hydrogen-bond acceptors (Lipinski definition) is 3. The Morgan fingerprint density at radius 1 is 0.250 bits per heavy atom. The summed E-state index contributed by atoms with van der Waals surface area (Å²) in [5.41, 5.74) is 12.0. The maximum Gasteiger partial charge on any atom is 0.164 e. The highest BCUT2D eigenvalue weighted by molar-refractivity contribution is 6.10. The summed E-state index contributed by atoms with van der Waals surface area (Å²) in [6, 6.07) is 70.3. The monoisotopic (exact) mass is 715 g/mol. The standard InChI is InChI=1S/C51H33N5/c1-3-13-36(14-4-1)49-52-50(54-51(53-49)38-29-32-44-43-19-9-12-22-47(43)56(48(44)33-38)39-15-5-2-6-16-39)37-25-23-34(24-26-37)35-27-30-40(31-28-35)55-45-20-10-7-17-41(45)42-18-8-11-21-46(42)55/h1-33H. The Kier molecular flexibility index (Phi) is 7.42. The highest BCUT2D eigenvalue weighted by Crippen LogP contribution is 2.36. The first-order chi connectivity index (χ1) is 27.8. The maximum atomic E-state index is 5.12. The van der Waals surface area contributed by atoms with Gasteiger partial charge in [0, 0.05) is 49.6 Å². The Morgan fingerprint density at radius 2 is 0.607 bits per heavy atom. The Hall–Kier alpha value is -7.63. The Bertz CT molecular complexity index is 3160. The Labute approximate surface area is 323 Å². The second-order valence-corrected chi connectivity index (χ2v) is 14.1. The molecular weight excluding hydrogens is 683 g/mol. The summed E-state index contributed by atoms with van der Waals surface area (Å²) < 4.78 is 4.67. The number of aromatic nitrogens is 5. The molecule has 0 aliphatic rings. The van der Waals surface area contributed by atoms with Crippen molar-refractivity contribution >= 4 is 43.6 Å². The molecule has 11 aromatic rings. The van der Waals surface area contributed by atoms with E-state index in [-0.39, 0.29) is 0 Å². The summed E-state index contributed by atoms with van der Waals surface area (Å²) in [6.07, 6.45) is 0. The predicted molar refractivity (Wildman–Crippen MR) is 230 cm³/mol. The average molecular weight is 716 g/mol. The van der Waals surface area contributed by atoms with Crippen molar-refractivity contribution in [3.8, 4) is 56.7 Å². The van der Waals surface area contributed by atoms with Crippen LogP contribution < -0.4 is 0 Å². The molecule has 0 spiro atoms. The molecule has 0 fully saturated rings. The normalized spacial score (nSPS) is 11.6. The highest BCUT2D eigenvalue weighted by atomic mass is 15.0. The van der Waals surface area contributed by atoms with Gasteiger partial charge in [-0.25, -0.2) is 15.0 Å². The van der Waals surface area contributed by atoms with E-state index in [4.69, 9.17) is 15.0 Å². The van der Waals surface area contributed by atoms with Gasteiger partial charge in [0.2, 0.25) is 0 Å². The summed E-state index contributed by atoms with van der Waals surface area (Å²) >= 11 is 0. The van der Waals surface area contributed by atoms with Crippen molar-refractivity contribution in [2.45, 2.75) is 0 Å². The zero-order valence-electron chi connectivity index (χ0n) is 30.3. The van der Waals surface area contributed by atoms with Crippen LogP contribution in [0.2, 0.25) is 0 Å². The highest BCUT2D eigenvalue weighted by Gasteiger charge is 2.17. The van der Waals surface area contributed by atoms with Crippen LogP contribution in [0, 0.1) is 0 Å². The van der Waals surface area contributed by atoms with Crippen LogP contribution in [0.4, 0.5) is 0 Å². The lowest BCUT2D eigenvalue weighted by Gasteiger charge is -2.11. The Balaban J connectivity index is 0.984. The van der Waals surface area contributed by atoms with E-state index < -0.39 is 0 Å². The van der Waals surface area contributed by atoms with E-state index in [1.807, 2.05) is 30.3 Å². The fourth-order valence-corrected chi connectivity index (χ4v) is 8.13. The number of nitrogens with zero attached hydrogens (tertiary/aromatic N) is 5. The van der Waals surface area contributed by atoms with Gasteiger partial charge in [-0.15, -0.1) is 0 Å². The Morgan fingerprint density at radius 3 is 1.16 bits per heavy atom. The zero-order valence-corrected chi connectivity index (χ0v) is 30.3. The summed E-state index contributed by atoms with van der Waals surface area (Å²) in [5, 5.41) is 4.91. The molecule has 3 heterocycles. The van der Waals surface area contributed by atoms with Crippen LogP contribution in [0.1, 0.15) is 0 Å². The second-order valence-electron chi connectivity index (χ2n) is 14.1. The molecule has 0 N–H and O–H groups in total. The van der Waals surface area contributed by atoms with Gasteiger partial charge in [-0.1, -0.05) is 152 Å². The lowest BCUT2D eigenvalue weighted by molar-refractivity contribution is 1.07. The van der Waals surface area contributed by atoms with Gasteiger partial charge in [-0.2, -0.15) is 0 Å². The average Bonchev–Trinajstić information content (AvgIpc) is 3.80. The van der Waals surface area contributed by atoms with Gasteiger partial charge in [0.1, 0.15) is 0 Å². The molecule has 0 atom stereocenters. The van der Waals surface area contributed by atoms with Gasteiger partial charge < -0.3 is 9.13 Å². The molecule has 5 nitrogen and oxygen atoms in total. The van der Waals surface area contributed by atoms with Crippen LogP contribution in [-0.2, 0) is 0 Å². The maximum absolute atomic E-state index is 5.12. The number of benzene rings is 8. The molecule has 0 aliphatic carbocycles. The molecular formula is C51H33N5. The number of rotatable bonds is 6. The molecule has 5 heteroatoms. The summed E-state index contributed by atoms with van der Waals surface area (Å²) in [6.45, 7) is 0. The van der Waals surface area contributed by atoms with E-state index in [0.29, 0.717) is 17.5 Å². The topological polar surface area (TPSA) is 48.5 Å². The summed E-state index contributed by atoms with van der Waals surface area (Å²) in [5.74, 6) is 1.90. The largest absolute Gasteiger partial charge is 0.309 e. The van der Waals surface area contributed by atoms with Gasteiger partial charge in [0.25, 0.3) is 0 Å². The predicted octanol–water partition coefficient (Wildman–Crippen LogP) is 12.7. The van der Waals surface area contributed by atoms with Gasteiger partial charge in [0.05, 0.1) is 22.1 Å². The van der Waals surface area contributed by atoms with Crippen molar-refractivity contribution in [1.82, 2.24) is 24.1 Å². The quantitative estimate of drug-likeness (QED) is 0.172. The van der Waals surface area contributed by atoms with Crippen LogP contribution in [0.15, 0.2) is 200 Å². The van der Waals surface area contributed by atoms with Crippen LogP contribution in [0.5, 0.6) is 0 Å². The molecule has 0 saturated heterocycles. The first-order valence-corrected chi connectivity index (χ1v) is 18.9. The van der Waals surface area contributed by atoms with E-state index in [1.54, 1.807) is 0 Å². The smallest absolute Gasteiger partial charge is 0.164 e. The van der Waals surface area contributed by atoms with Gasteiger partial charge in [0.15, 0.2) is 17.5 Å². The van der Waals surface area contributed by atoms with Crippen LogP contribution >= 0.6 is 0 Å². The fraction of sp³-hybridized carbons (Fsp3) is 0. The van der Waals surface area contributed by atoms with E-state index in [2.05, 4.69) is 179 Å². The molecule has 0 amide bonds. The van der Waals surface area contributed by atoms with Crippen LogP contribution in [0.25, 0.3) is 100 Å². The minimum atomic E-state index is 0.630. The van der Waals surface area contributed by atoms with Crippen LogP contribution in [-0.4, -0.2) is 24.1 Å². The summed E-state index contributed by atoms with van der Waals surface area (Å²) in [7, 11) is 0. The van der Waals surface area contributed by atoms with Gasteiger partial charge in [-0.3, -0.25) is 0 Å². The molecule has 3 aromatic heterocycles. The molecule has 0 bridgehead atoms. The van der Waals surface area contributed by atoms with Crippen molar-refractivity contribution in [3.05, 3.63) is 200 Å². The first-order valence-electron chi connectivity index (χ1n) is 18.9. The number of para-hydroxylation sites is 4. The van der Waals surface area contributed by atoms with Crippen molar-refractivity contribution in [3.63, 3.8) is 0 Å². The number of hydrogen-bond donors (Lipinski definition) is 0. The molecule has 11 rings (SSSR count). The minimum absolute atomic E-state index is 0.630. The first kappa shape index (κ1) is 31.9. The van der Waals surface area contributed by atoms with Crippen molar-refractivity contribution < 1.29 is 0 Å². The van der Waals surface area contributed by atoms with E-state index in [0.717, 1.165) is 50.2 Å². The molecule has 0 unspecified atom stereocenters. The third-order valence-corrected chi connectivity index (χ3v) is 10.8. The van der Waals surface area contributed by atoms with Crippen molar-refractivity contribution in [1.29, 1.82) is 0 Å². The van der Waals surface area contributed by atoms with Crippen molar-refractivity contribution in [2.75, 3.05) is 0 Å². The molecule has 0 saturated carbocycles. The summed E-state index contributed by atoms with van der Waals surface area (Å²) in [4.78, 5) is 15.2. The van der Waals surface area contributed by atoms with Crippen LogP contribution in [0.3, 0.4) is 0 Å². The second kappa shape index (κ2) is 13.0. The third kappa shape index (κ3) is 5.29. The molecule has 262 valence electrons. The molecule has 0 radical (unpaired) electrons. The SMILES string of the molecule is c1ccc(-c2nc(-c3ccc(-c4ccc(-n5c6ccccc6c6ccccc65)cc4)cc3)nc(-c3ccc4c5ccccc5n(-c5ccccc5)c4c3)n2)cc1. The molecule has 0 aliphatic heterocycles. The lowest BCUT2D eigenvalue weighted by atomic mass is 10.0. The van der Waals surface area contributed by atoms with Gasteiger partial charge >= 0.3 is 0 Å². The third-order valence-electron chi connectivity index (χ3n) is 10.8. The fourth-order valence-electron chi connectivity index (χ4n) is 8.13. The molecule has 56 heavy (non-hydrogen) atoms. The molecule has 8 aromatic carbocycles. The zero-order chi connectivity index (χ0) is 37.0.